The van der Waals surface area contributed by atoms with Gasteiger partial charge < -0.3 is 15.4 Å². The SMILES string of the molecule is CCCCC(C)NCC(C)NC(=O)OC(C)(C)C. The van der Waals surface area contributed by atoms with E-state index < -0.39 is 5.60 Å². The van der Waals surface area contributed by atoms with Gasteiger partial charge in [0.25, 0.3) is 0 Å². The van der Waals surface area contributed by atoms with Crippen molar-refractivity contribution < 1.29 is 9.53 Å². The molecule has 0 rings (SSSR count). The monoisotopic (exact) mass is 258 g/mol. The average molecular weight is 258 g/mol. The van der Waals surface area contributed by atoms with Crippen molar-refractivity contribution in [2.24, 2.45) is 0 Å². The van der Waals surface area contributed by atoms with Gasteiger partial charge in [-0.3, -0.25) is 0 Å². The highest BCUT2D eigenvalue weighted by atomic mass is 16.6. The molecule has 2 N–H and O–H groups in total. The van der Waals surface area contributed by atoms with Crippen molar-refractivity contribution in [2.45, 2.75) is 78.5 Å². The Balaban J connectivity index is 3.76. The van der Waals surface area contributed by atoms with E-state index >= 15 is 0 Å². The number of carbonyl (C=O) groups is 1. The minimum atomic E-state index is -0.439. The van der Waals surface area contributed by atoms with E-state index in [0.717, 1.165) is 6.54 Å². The number of carbonyl (C=O) groups excluding carboxylic acids is 1. The van der Waals surface area contributed by atoms with Gasteiger partial charge in [-0.2, -0.15) is 0 Å². The second kappa shape index (κ2) is 8.35. The number of hydrogen-bond acceptors (Lipinski definition) is 3. The summed E-state index contributed by atoms with van der Waals surface area (Å²) in [7, 11) is 0. The fourth-order valence-corrected chi connectivity index (χ4v) is 1.55. The third-order valence-corrected chi connectivity index (χ3v) is 2.53. The van der Waals surface area contributed by atoms with E-state index in [1.807, 2.05) is 27.7 Å². The number of unbranched alkanes of at least 4 members (excludes halogenated alkanes) is 1. The van der Waals surface area contributed by atoms with Crippen LogP contribution in [0, 0.1) is 0 Å². The van der Waals surface area contributed by atoms with Crippen LogP contribution in [0.25, 0.3) is 0 Å². The lowest BCUT2D eigenvalue weighted by molar-refractivity contribution is 0.0507. The molecule has 0 aromatic heterocycles. The molecule has 0 aromatic rings. The van der Waals surface area contributed by atoms with Gasteiger partial charge in [0.15, 0.2) is 0 Å². The third kappa shape index (κ3) is 10.4. The molecule has 2 unspecified atom stereocenters. The van der Waals surface area contributed by atoms with Crippen molar-refractivity contribution in [1.29, 1.82) is 0 Å². The van der Waals surface area contributed by atoms with Crippen molar-refractivity contribution in [3.05, 3.63) is 0 Å². The minimum absolute atomic E-state index is 0.0731. The molecule has 0 fully saturated rings. The van der Waals surface area contributed by atoms with Crippen molar-refractivity contribution in [3.63, 3.8) is 0 Å². The summed E-state index contributed by atoms with van der Waals surface area (Å²) in [5.41, 5.74) is -0.439. The third-order valence-electron chi connectivity index (χ3n) is 2.53. The first-order valence-corrected chi connectivity index (χ1v) is 6.97. The molecule has 0 saturated carbocycles. The highest BCUT2D eigenvalue weighted by Gasteiger charge is 2.17. The van der Waals surface area contributed by atoms with Crippen LogP contribution < -0.4 is 10.6 Å². The first kappa shape index (κ1) is 17.2. The van der Waals surface area contributed by atoms with Crippen LogP contribution in [0.1, 0.15) is 60.8 Å². The Labute approximate surface area is 112 Å². The van der Waals surface area contributed by atoms with Gasteiger partial charge in [-0.1, -0.05) is 19.8 Å². The van der Waals surface area contributed by atoms with Crippen LogP contribution in [-0.4, -0.2) is 30.3 Å². The molecule has 0 spiro atoms. The van der Waals surface area contributed by atoms with E-state index in [9.17, 15) is 4.79 Å². The van der Waals surface area contributed by atoms with E-state index in [2.05, 4.69) is 24.5 Å². The molecule has 0 aliphatic rings. The van der Waals surface area contributed by atoms with Gasteiger partial charge >= 0.3 is 6.09 Å². The predicted molar refractivity (Wildman–Crippen MR) is 75.8 cm³/mol. The van der Waals surface area contributed by atoms with Crippen LogP contribution in [0.4, 0.5) is 4.79 Å². The van der Waals surface area contributed by atoms with E-state index in [4.69, 9.17) is 4.74 Å². The summed E-state index contributed by atoms with van der Waals surface area (Å²) in [4.78, 5) is 11.5. The Morgan fingerprint density at radius 2 is 1.83 bits per heavy atom. The van der Waals surface area contributed by atoms with Gasteiger partial charge in [-0.25, -0.2) is 4.79 Å². The first-order valence-electron chi connectivity index (χ1n) is 6.97. The van der Waals surface area contributed by atoms with Crippen LogP contribution in [0.3, 0.4) is 0 Å². The molecular formula is C14H30N2O2. The molecule has 2 atom stereocenters. The molecule has 0 heterocycles. The molecule has 108 valence electrons. The largest absolute Gasteiger partial charge is 0.444 e. The zero-order valence-electron chi connectivity index (χ0n) is 12.8. The predicted octanol–water partition coefficient (Wildman–Crippen LogP) is 3.07. The summed E-state index contributed by atoms with van der Waals surface area (Å²) in [5.74, 6) is 0. The van der Waals surface area contributed by atoms with E-state index in [-0.39, 0.29) is 12.1 Å². The van der Waals surface area contributed by atoms with Gasteiger partial charge in [0.1, 0.15) is 5.60 Å². The molecule has 0 aliphatic heterocycles. The lowest BCUT2D eigenvalue weighted by Crippen LogP contribution is -2.44. The lowest BCUT2D eigenvalue weighted by atomic mass is 10.1. The van der Waals surface area contributed by atoms with Gasteiger partial charge in [0.05, 0.1) is 0 Å². The quantitative estimate of drug-likeness (QED) is 0.738. The fraction of sp³-hybridized carbons (Fsp3) is 0.929. The maximum absolute atomic E-state index is 11.5. The number of alkyl carbamates (subject to hydrolysis) is 1. The van der Waals surface area contributed by atoms with Crippen molar-refractivity contribution in [1.82, 2.24) is 10.6 Å². The van der Waals surface area contributed by atoms with Crippen LogP contribution in [0.15, 0.2) is 0 Å². The highest BCUT2D eigenvalue weighted by molar-refractivity contribution is 5.68. The van der Waals surface area contributed by atoms with E-state index in [1.54, 1.807) is 0 Å². The Morgan fingerprint density at radius 3 is 2.33 bits per heavy atom. The van der Waals surface area contributed by atoms with Crippen LogP contribution in [0.2, 0.25) is 0 Å². The molecule has 18 heavy (non-hydrogen) atoms. The van der Waals surface area contributed by atoms with Gasteiger partial charge in [0.2, 0.25) is 0 Å². The van der Waals surface area contributed by atoms with Crippen molar-refractivity contribution in [2.75, 3.05) is 6.54 Å². The van der Waals surface area contributed by atoms with Gasteiger partial charge in [0, 0.05) is 18.6 Å². The second-order valence-electron chi connectivity index (χ2n) is 6.00. The van der Waals surface area contributed by atoms with Crippen molar-refractivity contribution in [3.8, 4) is 0 Å². The Bertz CT molecular complexity index is 236. The molecule has 0 radical (unpaired) electrons. The summed E-state index contributed by atoms with van der Waals surface area (Å²) in [6, 6.07) is 0.566. The van der Waals surface area contributed by atoms with E-state index in [0.29, 0.717) is 6.04 Å². The summed E-state index contributed by atoms with van der Waals surface area (Å²) >= 11 is 0. The highest BCUT2D eigenvalue weighted by Crippen LogP contribution is 2.06. The zero-order chi connectivity index (χ0) is 14.2. The molecule has 0 saturated heterocycles. The zero-order valence-corrected chi connectivity index (χ0v) is 12.8. The maximum Gasteiger partial charge on any atom is 0.407 e. The molecule has 4 nitrogen and oxygen atoms in total. The second-order valence-corrected chi connectivity index (χ2v) is 6.00. The summed E-state index contributed by atoms with van der Waals surface area (Å²) in [5, 5.41) is 6.24. The summed E-state index contributed by atoms with van der Waals surface area (Å²) in [6.45, 7) is 12.7. The Hall–Kier alpha value is -0.770. The standard InChI is InChI=1S/C14H30N2O2/c1-7-8-9-11(2)15-10-12(3)16-13(17)18-14(4,5)6/h11-12,15H,7-10H2,1-6H3,(H,16,17). The molecule has 0 aliphatic carbocycles. The minimum Gasteiger partial charge on any atom is -0.444 e. The van der Waals surface area contributed by atoms with Crippen LogP contribution in [-0.2, 0) is 4.74 Å². The Morgan fingerprint density at radius 1 is 1.22 bits per heavy atom. The normalized spacial score (nSPS) is 15.0. The average Bonchev–Trinajstić information content (AvgIpc) is 2.20. The van der Waals surface area contributed by atoms with Gasteiger partial charge in [-0.15, -0.1) is 0 Å². The molecular weight excluding hydrogens is 228 g/mol. The molecule has 0 aromatic carbocycles. The molecule has 4 heteroatoms. The Kier molecular flexibility index (Phi) is 8.00. The fourth-order valence-electron chi connectivity index (χ4n) is 1.55. The number of rotatable bonds is 7. The van der Waals surface area contributed by atoms with Gasteiger partial charge in [-0.05, 0) is 41.0 Å². The number of ether oxygens (including phenoxy) is 1. The van der Waals surface area contributed by atoms with Crippen LogP contribution >= 0.6 is 0 Å². The van der Waals surface area contributed by atoms with Crippen LogP contribution in [0.5, 0.6) is 0 Å². The first-order chi connectivity index (χ1) is 8.24. The van der Waals surface area contributed by atoms with E-state index in [1.165, 1.54) is 19.3 Å². The number of hydrogen-bond donors (Lipinski definition) is 2. The summed E-state index contributed by atoms with van der Waals surface area (Å²) in [6.07, 6.45) is 3.29. The topological polar surface area (TPSA) is 50.4 Å². The summed E-state index contributed by atoms with van der Waals surface area (Å²) < 4.78 is 5.20. The number of amides is 1. The maximum atomic E-state index is 11.5. The number of nitrogens with one attached hydrogen (secondary N) is 2. The molecule has 1 amide bonds. The molecule has 0 bridgehead atoms. The lowest BCUT2D eigenvalue weighted by Gasteiger charge is -2.23. The van der Waals surface area contributed by atoms with Crippen molar-refractivity contribution >= 4 is 6.09 Å². The smallest absolute Gasteiger partial charge is 0.407 e.